The number of furan rings is 1. The van der Waals surface area contributed by atoms with Crippen molar-refractivity contribution in [2.45, 2.75) is 20.0 Å². The lowest BCUT2D eigenvalue weighted by atomic mass is 10.3. The van der Waals surface area contributed by atoms with Gasteiger partial charge in [-0.15, -0.1) is 11.3 Å². The lowest BCUT2D eigenvalue weighted by Gasteiger charge is -2.19. The molecule has 0 fully saturated rings. The second kappa shape index (κ2) is 7.26. The Labute approximate surface area is 137 Å². The summed E-state index contributed by atoms with van der Waals surface area (Å²) in [4.78, 5) is 15.4. The molecule has 7 heteroatoms. The van der Waals surface area contributed by atoms with Crippen LogP contribution in [0.4, 0.5) is 5.82 Å². The van der Waals surface area contributed by atoms with E-state index in [9.17, 15) is 4.79 Å². The van der Waals surface area contributed by atoms with Gasteiger partial charge >= 0.3 is 0 Å². The number of anilines is 1. The molecule has 3 aromatic heterocycles. The van der Waals surface area contributed by atoms with Crippen molar-refractivity contribution in [2.24, 2.45) is 0 Å². The van der Waals surface area contributed by atoms with Gasteiger partial charge in [-0.3, -0.25) is 9.69 Å². The Kier molecular flexibility index (Phi) is 4.89. The Morgan fingerprint density at radius 1 is 1.35 bits per heavy atom. The highest BCUT2D eigenvalue weighted by Gasteiger charge is 2.15. The molecule has 0 aromatic carbocycles. The predicted molar refractivity (Wildman–Crippen MR) is 87.0 cm³/mol. The van der Waals surface area contributed by atoms with Crippen LogP contribution in [0.2, 0.25) is 0 Å². The number of hydrogen-bond donors (Lipinski definition) is 1. The Morgan fingerprint density at radius 2 is 2.26 bits per heavy atom. The monoisotopic (exact) mass is 331 g/mol. The molecule has 6 nitrogen and oxygen atoms in total. The van der Waals surface area contributed by atoms with Gasteiger partial charge in [0.25, 0.3) is 0 Å². The van der Waals surface area contributed by atoms with Crippen LogP contribution in [-0.4, -0.2) is 22.5 Å². The van der Waals surface area contributed by atoms with E-state index in [0.717, 1.165) is 5.76 Å². The number of carbonyl (C=O) groups excluding carboxylic acids is 1. The first-order chi connectivity index (χ1) is 11.2. The summed E-state index contributed by atoms with van der Waals surface area (Å²) in [5.74, 6) is 1.78. The number of nitrogens with zero attached hydrogens (tertiary/aromatic N) is 2. The van der Waals surface area contributed by atoms with E-state index in [1.54, 1.807) is 30.6 Å². The van der Waals surface area contributed by atoms with Gasteiger partial charge < -0.3 is 14.3 Å². The maximum Gasteiger partial charge on any atom is 0.239 e. The van der Waals surface area contributed by atoms with Crippen LogP contribution in [-0.2, 0) is 17.9 Å². The Morgan fingerprint density at radius 3 is 2.91 bits per heavy atom. The van der Waals surface area contributed by atoms with E-state index < -0.39 is 0 Å². The third-order valence-corrected chi connectivity index (χ3v) is 4.04. The molecule has 0 saturated carbocycles. The lowest BCUT2D eigenvalue weighted by Crippen LogP contribution is -2.32. The SMILES string of the molecule is Cc1cc(NC(=O)CN(Cc2ccco2)Cc2cccs2)no1. The van der Waals surface area contributed by atoms with Crippen molar-refractivity contribution in [3.8, 4) is 0 Å². The summed E-state index contributed by atoms with van der Waals surface area (Å²) >= 11 is 1.67. The molecule has 3 aromatic rings. The molecule has 0 aliphatic carbocycles. The summed E-state index contributed by atoms with van der Waals surface area (Å²) in [5.41, 5.74) is 0. The van der Waals surface area contributed by atoms with Gasteiger partial charge in [0.15, 0.2) is 5.82 Å². The largest absolute Gasteiger partial charge is 0.468 e. The molecule has 3 rings (SSSR count). The molecule has 120 valence electrons. The highest BCUT2D eigenvalue weighted by Crippen LogP contribution is 2.15. The standard InChI is InChI=1S/C16H17N3O3S/c1-12-8-15(18-22-12)17-16(20)11-19(9-13-4-2-6-21-13)10-14-5-3-7-23-14/h2-8H,9-11H2,1H3,(H,17,18,20). The van der Waals surface area contributed by atoms with Gasteiger partial charge in [0.2, 0.25) is 5.91 Å². The van der Waals surface area contributed by atoms with Crippen LogP contribution in [0.1, 0.15) is 16.4 Å². The van der Waals surface area contributed by atoms with Gasteiger partial charge in [-0.25, -0.2) is 0 Å². The lowest BCUT2D eigenvalue weighted by molar-refractivity contribution is -0.117. The minimum absolute atomic E-state index is 0.138. The number of aromatic nitrogens is 1. The molecule has 0 aliphatic heterocycles. The molecule has 1 N–H and O–H groups in total. The van der Waals surface area contributed by atoms with Crippen molar-refractivity contribution in [2.75, 3.05) is 11.9 Å². The molecular formula is C16H17N3O3S. The fourth-order valence-corrected chi connectivity index (χ4v) is 2.97. The van der Waals surface area contributed by atoms with Gasteiger partial charge in [0, 0.05) is 17.5 Å². The van der Waals surface area contributed by atoms with E-state index in [2.05, 4.69) is 16.5 Å². The van der Waals surface area contributed by atoms with E-state index >= 15 is 0 Å². The van der Waals surface area contributed by atoms with E-state index in [0.29, 0.717) is 24.7 Å². The molecule has 0 aliphatic rings. The van der Waals surface area contributed by atoms with E-state index in [-0.39, 0.29) is 12.5 Å². The van der Waals surface area contributed by atoms with Gasteiger partial charge in [-0.2, -0.15) is 0 Å². The number of aryl methyl sites for hydroxylation is 1. The summed E-state index contributed by atoms with van der Waals surface area (Å²) in [6.45, 7) is 3.27. The van der Waals surface area contributed by atoms with Crippen LogP contribution in [0.5, 0.6) is 0 Å². The summed E-state index contributed by atoms with van der Waals surface area (Å²) in [7, 11) is 0. The second-order valence-electron chi connectivity index (χ2n) is 5.17. The number of rotatable bonds is 7. The quantitative estimate of drug-likeness (QED) is 0.719. The average Bonchev–Trinajstić information content (AvgIpc) is 3.23. The van der Waals surface area contributed by atoms with Crippen molar-refractivity contribution in [3.63, 3.8) is 0 Å². The van der Waals surface area contributed by atoms with Crippen LogP contribution >= 0.6 is 11.3 Å². The van der Waals surface area contributed by atoms with Crippen molar-refractivity contribution < 1.29 is 13.7 Å². The third kappa shape index (κ3) is 4.54. The average molecular weight is 331 g/mol. The summed E-state index contributed by atoms with van der Waals surface area (Å²) in [6.07, 6.45) is 1.64. The zero-order chi connectivity index (χ0) is 16.1. The summed E-state index contributed by atoms with van der Waals surface area (Å²) in [6, 6.07) is 9.49. The Bertz CT molecular complexity index is 698. The van der Waals surface area contributed by atoms with Crippen molar-refractivity contribution >= 4 is 23.1 Å². The van der Waals surface area contributed by atoms with Crippen LogP contribution in [0.25, 0.3) is 0 Å². The van der Waals surface area contributed by atoms with Crippen molar-refractivity contribution in [1.29, 1.82) is 0 Å². The molecule has 0 unspecified atom stereocenters. The fraction of sp³-hybridized carbons (Fsp3) is 0.250. The van der Waals surface area contributed by atoms with Crippen LogP contribution in [0.15, 0.2) is 50.9 Å². The molecule has 1 amide bonds. The van der Waals surface area contributed by atoms with Crippen LogP contribution in [0, 0.1) is 6.92 Å². The molecule has 0 atom stereocenters. The summed E-state index contributed by atoms with van der Waals surface area (Å²) in [5, 5.41) is 8.54. The normalized spacial score (nSPS) is 11.0. The topological polar surface area (TPSA) is 71.5 Å². The number of carbonyl (C=O) groups is 1. The fourth-order valence-electron chi connectivity index (χ4n) is 2.22. The van der Waals surface area contributed by atoms with Crippen LogP contribution in [0.3, 0.4) is 0 Å². The smallest absolute Gasteiger partial charge is 0.239 e. The van der Waals surface area contributed by atoms with Crippen LogP contribution < -0.4 is 5.32 Å². The Hall–Kier alpha value is -2.38. The second-order valence-corrected chi connectivity index (χ2v) is 6.21. The van der Waals surface area contributed by atoms with E-state index in [4.69, 9.17) is 8.94 Å². The number of hydrogen-bond acceptors (Lipinski definition) is 6. The molecule has 0 spiro atoms. The third-order valence-electron chi connectivity index (χ3n) is 3.18. The van der Waals surface area contributed by atoms with Gasteiger partial charge in [0.1, 0.15) is 11.5 Å². The maximum atomic E-state index is 12.2. The maximum absolute atomic E-state index is 12.2. The van der Waals surface area contributed by atoms with Crippen molar-refractivity contribution in [1.82, 2.24) is 10.1 Å². The first-order valence-electron chi connectivity index (χ1n) is 7.19. The molecule has 3 heterocycles. The van der Waals surface area contributed by atoms with E-state index in [1.807, 2.05) is 28.5 Å². The molecule has 0 radical (unpaired) electrons. The van der Waals surface area contributed by atoms with Gasteiger partial charge in [0.05, 0.1) is 19.4 Å². The Balaban J connectivity index is 1.63. The summed E-state index contributed by atoms with van der Waals surface area (Å²) < 4.78 is 10.3. The molecule has 0 saturated heterocycles. The molecule has 23 heavy (non-hydrogen) atoms. The minimum atomic E-state index is -0.138. The first-order valence-corrected chi connectivity index (χ1v) is 8.07. The molecule has 0 bridgehead atoms. The predicted octanol–water partition coefficient (Wildman–Crippen LogP) is 3.28. The van der Waals surface area contributed by atoms with Gasteiger partial charge in [-0.1, -0.05) is 11.2 Å². The minimum Gasteiger partial charge on any atom is -0.468 e. The van der Waals surface area contributed by atoms with Crippen molar-refractivity contribution in [3.05, 3.63) is 58.4 Å². The first kappa shape index (κ1) is 15.5. The number of nitrogens with one attached hydrogen (secondary N) is 1. The zero-order valence-electron chi connectivity index (χ0n) is 12.7. The highest BCUT2D eigenvalue weighted by molar-refractivity contribution is 7.09. The highest BCUT2D eigenvalue weighted by atomic mass is 32.1. The number of thiophene rings is 1. The molecular weight excluding hydrogens is 314 g/mol. The van der Waals surface area contributed by atoms with Gasteiger partial charge in [-0.05, 0) is 30.5 Å². The van der Waals surface area contributed by atoms with E-state index in [1.165, 1.54) is 4.88 Å². The zero-order valence-corrected chi connectivity index (χ0v) is 13.5. The number of amides is 1.